The van der Waals surface area contributed by atoms with Gasteiger partial charge in [-0.1, -0.05) is 18.2 Å². The predicted molar refractivity (Wildman–Crippen MR) is 109 cm³/mol. The Balaban J connectivity index is 1.84. The number of halogens is 1. The Bertz CT molecular complexity index is 1100. The van der Waals surface area contributed by atoms with E-state index in [1.54, 1.807) is 45.0 Å². The summed E-state index contributed by atoms with van der Waals surface area (Å²) >= 11 is 0. The molecule has 3 aromatic rings. The van der Waals surface area contributed by atoms with Crippen LogP contribution in [0.1, 0.15) is 37.4 Å². The molecule has 0 aliphatic rings. The van der Waals surface area contributed by atoms with Crippen molar-refractivity contribution in [2.45, 2.75) is 20.8 Å². The number of hydrogen-bond acceptors (Lipinski definition) is 5. The Labute approximate surface area is 167 Å². The average molecular weight is 393 g/mol. The monoisotopic (exact) mass is 393 g/mol. The second kappa shape index (κ2) is 8.05. The quantitative estimate of drug-likeness (QED) is 0.627. The average Bonchev–Trinajstić information content (AvgIpc) is 2.68. The molecule has 0 spiro atoms. The van der Waals surface area contributed by atoms with E-state index in [0.717, 1.165) is 0 Å². The third kappa shape index (κ3) is 4.37. The number of benzene rings is 2. The van der Waals surface area contributed by atoms with Crippen molar-refractivity contribution in [3.63, 3.8) is 0 Å². The molecule has 2 aromatic carbocycles. The fourth-order valence-corrected chi connectivity index (χ4v) is 2.79. The van der Waals surface area contributed by atoms with Crippen molar-refractivity contribution >= 4 is 29.1 Å². The zero-order valence-corrected chi connectivity index (χ0v) is 16.2. The van der Waals surface area contributed by atoms with Crippen LogP contribution in [0.5, 0.6) is 0 Å². The highest BCUT2D eigenvalue weighted by molar-refractivity contribution is 6.08. The molecule has 0 aliphatic carbocycles. The van der Waals surface area contributed by atoms with E-state index in [2.05, 4.69) is 20.6 Å². The highest BCUT2D eigenvalue weighted by atomic mass is 19.1. The molecule has 0 bridgehead atoms. The summed E-state index contributed by atoms with van der Waals surface area (Å²) in [6.07, 6.45) is 2.79. The second-order valence-electron chi connectivity index (χ2n) is 6.66. The molecule has 0 saturated carbocycles. The third-order valence-electron chi connectivity index (χ3n) is 4.44. The van der Waals surface area contributed by atoms with E-state index < -0.39 is 17.6 Å². The van der Waals surface area contributed by atoms with Crippen LogP contribution in [-0.4, -0.2) is 21.8 Å². The molecule has 8 heteroatoms. The van der Waals surface area contributed by atoms with Crippen LogP contribution < -0.4 is 16.4 Å². The Morgan fingerprint density at radius 3 is 2.14 bits per heavy atom. The van der Waals surface area contributed by atoms with Gasteiger partial charge in [0.1, 0.15) is 5.82 Å². The molecule has 0 aliphatic heterocycles. The van der Waals surface area contributed by atoms with E-state index in [0.29, 0.717) is 33.6 Å². The summed E-state index contributed by atoms with van der Waals surface area (Å²) < 4.78 is 14.4. The number of amides is 2. The first-order chi connectivity index (χ1) is 13.8. The van der Waals surface area contributed by atoms with Crippen LogP contribution >= 0.6 is 0 Å². The lowest BCUT2D eigenvalue weighted by molar-refractivity contribution is 0.101. The SMILES string of the molecule is Cc1ccc(NC(=O)c2c(C)ccc(C)c2F)cc1C(=O)Nc1cnc(N)nc1. The van der Waals surface area contributed by atoms with Crippen LogP contribution in [0.15, 0.2) is 42.7 Å². The van der Waals surface area contributed by atoms with Gasteiger partial charge in [-0.2, -0.15) is 0 Å². The van der Waals surface area contributed by atoms with Gasteiger partial charge in [0.2, 0.25) is 5.95 Å². The zero-order valence-electron chi connectivity index (χ0n) is 16.2. The number of nitrogens with zero attached hydrogens (tertiary/aromatic N) is 2. The molecule has 1 heterocycles. The Kier molecular flexibility index (Phi) is 5.54. The third-order valence-corrected chi connectivity index (χ3v) is 4.44. The van der Waals surface area contributed by atoms with Gasteiger partial charge in [0.25, 0.3) is 11.8 Å². The highest BCUT2D eigenvalue weighted by Gasteiger charge is 2.18. The Morgan fingerprint density at radius 2 is 1.45 bits per heavy atom. The number of nitrogen functional groups attached to an aromatic ring is 1. The predicted octanol–water partition coefficient (Wildman–Crippen LogP) is 3.63. The van der Waals surface area contributed by atoms with E-state index >= 15 is 0 Å². The van der Waals surface area contributed by atoms with Gasteiger partial charge in [-0.05, 0) is 49.6 Å². The topological polar surface area (TPSA) is 110 Å². The Hall–Kier alpha value is -3.81. The van der Waals surface area contributed by atoms with Crippen molar-refractivity contribution < 1.29 is 14.0 Å². The normalized spacial score (nSPS) is 10.5. The number of anilines is 3. The van der Waals surface area contributed by atoms with E-state index in [1.165, 1.54) is 18.5 Å². The molecular weight excluding hydrogens is 373 g/mol. The summed E-state index contributed by atoms with van der Waals surface area (Å²) in [7, 11) is 0. The number of hydrogen-bond donors (Lipinski definition) is 3. The van der Waals surface area contributed by atoms with Gasteiger partial charge in [-0.3, -0.25) is 9.59 Å². The molecule has 0 fully saturated rings. The van der Waals surface area contributed by atoms with Gasteiger partial charge < -0.3 is 16.4 Å². The standard InChI is InChI=1S/C21H20FN5O2/c1-11-6-7-14(26-20(29)17-12(2)4-5-13(3)18(17)22)8-16(11)19(28)27-15-9-24-21(23)25-10-15/h4-10H,1-3H3,(H,26,29)(H,27,28)(H2,23,24,25). The van der Waals surface area contributed by atoms with Crippen molar-refractivity contribution in [2.75, 3.05) is 16.4 Å². The van der Waals surface area contributed by atoms with Gasteiger partial charge in [-0.15, -0.1) is 0 Å². The second-order valence-corrected chi connectivity index (χ2v) is 6.66. The number of carbonyl (C=O) groups excluding carboxylic acids is 2. The molecule has 0 atom stereocenters. The van der Waals surface area contributed by atoms with E-state index in [9.17, 15) is 14.0 Å². The molecule has 0 radical (unpaired) electrons. The first-order valence-corrected chi connectivity index (χ1v) is 8.83. The van der Waals surface area contributed by atoms with Gasteiger partial charge in [-0.25, -0.2) is 14.4 Å². The lowest BCUT2D eigenvalue weighted by atomic mass is 10.0. The minimum Gasteiger partial charge on any atom is -0.368 e. The molecule has 0 saturated heterocycles. The smallest absolute Gasteiger partial charge is 0.258 e. The number of nitrogens with one attached hydrogen (secondary N) is 2. The highest BCUT2D eigenvalue weighted by Crippen LogP contribution is 2.21. The van der Waals surface area contributed by atoms with Crippen molar-refractivity contribution in [3.05, 3.63) is 76.4 Å². The summed E-state index contributed by atoms with van der Waals surface area (Å²) in [5.74, 6) is -1.44. The molecule has 2 amide bonds. The molecular formula is C21H20FN5O2. The molecule has 7 nitrogen and oxygen atoms in total. The van der Waals surface area contributed by atoms with Crippen LogP contribution in [-0.2, 0) is 0 Å². The minimum absolute atomic E-state index is 0.0180. The van der Waals surface area contributed by atoms with Crippen LogP contribution in [0, 0.1) is 26.6 Å². The van der Waals surface area contributed by atoms with Crippen molar-refractivity contribution in [3.8, 4) is 0 Å². The van der Waals surface area contributed by atoms with Crippen molar-refractivity contribution in [2.24, 2.45) is 0 Å². The van der Waals surface area contributed by atoms with Gasteiger partial charge in [0.15, 0.2) is 0 Å². The summed E-state index contributed by atoms with van der Waals surface area (Å²) in [5.41, 5.74) is 8.14. The fourth-order valence-electron chi connectivity index (χ4n) is 2.79. The maximum atomic E-state index is 14.4. The lowest BCUT2D eigenvalue weighted by Gasteiger charge is -2.13. The molecule has 148 valence electrons. The van der Waals surface area contributed by atoms with Crippen molar-refractivity contribution in [1.82, 2.24) is 9.97 Å². The van der Waals surface area contributed by atoms with E-state index in [1.807, 2.05) is 0 Å². The molecule has 1 aromatic heterocycles. The van der Waals surface area contributed by atoms with E-state index in [-0.39, 0.29) is 11.5 Å². The maximum Gasteiger partial charge on any atom is 0.258 e. The number of aryl methyl sites for hydroxylation is 3. The largest absolute Gasteiger partial charge is 0.368 e. The zero-order chi connectivity index (χ0) is 21.1. The summed E-state index contributed by atoms with van der Waals surface area (Å²) in [6.45, 7) is 5.03. The van der Waals surface area contributed by atoms with Gasteiger partial charge in [0, 0.05) is 11.3 Å². The van der Waals surface area contributed by atoms with Crippen LogP contribution in [0.3, 0.4) is 0 Å². The Morgan fingerprint density at radius 1 is 0.862 bits per heavy atom. The number of rotatable bonds is 4. The van der Waals surface area contributed by atoms with Gasteiger partial charge >= 0.3 is 0 Å². The maximum absolute atomic E-state index is 14.4. The summed E-state index contributed by atoms with van der Waals surface area (Å²) in [6, 6.07) is 8.19. The summed E-state index contributed by atoms with van der Waals surface area (Å²) in [5, 5.41) is 5.33. The first kappa shape index (κ1) is 19.9. The molecule has 0 unspecified atom stereocenters. The van der Waals surface area contributed by atoms with Crippen LogP contribution in [0.25, 0.3) is 0 Å². The molecule has 4 N–H and O–H groups in total. The van der Waals surface area contributed by atoms with Gasteiger partial charge in [0.05, 0.1) is 23.6 Å². The number of carbonyl (C=O) groups is 2. The molecule has 29 heavy (non-hydrogen) atoms. The summed E-state index contributed by atoms with van der Waals surface area (Å²) in [4.78, 5) is 32.9. The van der Waals surface area contributed by atoms with Crippen LogP contribution in [0.2, 0.25) is 0 Å². The number of nitrogens with two attached hydrogens (primary N) is 1. The van der Waals surface area contributed by atoms with Crippen LogP contribution in [0.4, 0.5) is 21.7 Å². The first-order valence-electron chi connectivity index (χ1n) is 8.83. The van der Waals surface area contributed by atoms with Crippen molar-refractivity contribution in [1.29, 1.82) is 0 Å². The number of aromatic nitrogens is 2. The molecule has 3 rings (SSSR count). The minimum atomic E-state index is -0.578. The van der Waals surface area contributed by atoms with E-state index in [4.69, 9.17) is 5.73 Å². The fraction of sp³-hybridized carbons (Fsp3) is 0.143. The lowest BCUT2D eigenvalue weighted by Crippen LogP contribution is -2.18.